The number of nitrogens with one attached hydrogen (secondary N) is 4. The van der Waals surface area contributed by atoms with E-state index < -0.39 is 47.6 Å². The van der Waals surface area contributed by atoms with Gasteiger partial charge in [0.15, 0.2) is 0 Å². The predicted octanol–water partition coefficient (Wildman–Crippen LogP) is 4.28. The van der Waals surface area contributed by atoms with Gasteiger partial charge in [-0.3, -0.25) is 14.9 Å². The second-order valence-electron chi connectivity index (χ2n) is 7.58. The summed E-state index contributed by atoms with van der Waals surface area (Å²) < 4.78 is 53.6. The minimum Gasteiger partial charge on any atom is -0.376 e. The first-order valence-corrected chi connectivity index (χ1v) is 10.2. The number of carbonyl (C=O) groups is 3. The molecule has 11 heteroatoms. The molecule has 1 aliphatic rings. The summed E-state index contributed by atoms with van der Waals surface area (Å²) in [5.41, 5.74) is -1.57. The zero-order chi connectivity index (χ0) is 24.0. The lowest BCUT2D eigenvalue weighted by Gasteiger charge is -2.17. The minimum atomic E-state index is -4.78. The van der Waals surface area contributed by atoms with Crippen LogP contribution in [0, 0.1) is 5.82 Å². The van der Waals surface area contributed by atoms with Crippen LogP contribution in [0.3, 0.4) is 0 Å². The molecule has 0 spiro atoms. The molecule has 0 aromatic heterocycles. The van der Waals surface area contributed by atoms with E-state index in [1.165, 1.54) is 18.2 Å². The fourth-order valence-electron chi connectivity index (χ4n) is 3.45. The van der Waals surface area contributed by atoms with E-state index in [2.05, 4.69) is 21.3 Å². The van der Waals surface area contributed by atoms with Crippen molar-refractivity contribution in [3.8, 4) is 0 Å². The number of amides is 4. The summed E-state index contributed by atoms with van der Waals surface area (Å²) in [6.07, 6.45) is -1.17. The lowest BCUT2D eigenvalue weighted by Crippen LogP contribution is -2.45. The van der Waals surface area contributed by atoms with Crippen LogP contribution in [0.2, 0.25) is 0 Å². The number of anilines is 2. The van der Waals surface area contributed by atoms with Crippen LogP contribution in [0.15, 0.2) is 42.5 Å². The van der Waals surface area contributed by atoms with E-state index in [0.29, 0.717) is 6.07 Å². The van der Waals surface area contributed by atoms with E-state index in [1.807, 2.05) is 0 Å². The molecular weight excluding hydrogens is 444 g/mol. The van der Waals surface area contributed by atoms with E-state index >= 15 is 0 Å². The average molecular weight is 466 g/mol. The number of carbonyl (C=O) groups excluding carboxylic acids is 3. The molecule has 7 nitrogen and oxygen atoms in total. The van der Waals surface area contributed by atoms with Crippen molar-refractivity contribution in [3.63, 3.8) is 0 Å². The highest BCUT2D eigenvalue weighted by Crippen LogP contribution is 2.36. The van der Waals surface area contributed by atoms with E-state index in [-0.39, 0.29) is 17.3 Å². The second kappa shape index (κ2) is 10.3. The zero-order valence-corrected chi connectivity index (χ0v) is 17.4. The van der Waals surface area contributed by atoms with Crippen molar-refractivity contribution in [1.29, 1.82) is 0 Å². The highest BCUT2D eigenvalue weighted by Gasteiger charge is 2.34. The molecule has 2 aromatic rings. The lowest BCUT2D eigenvalue weighted by atomic mass is 10.1. The Bertz CT molecular complexity index is 1020. The highest BCUT2D eigenvalue weighted by atomic mass is 19.4. The Hall–Kier alpha value is -3.63. The normalized spacial score (nSPS) is 13.9. The standard InChI is InChI=1S/C22H22F4N4O3/c23-14-7-5-13(6-8-14)20(32)28-16-9-10-18(17(11-16)22(24,25)26)27-12-19(31)30-21(33)29-15-3-1-2-4-15/h5-11,15,27H,1-4,12H2,(H,28,32)(H2,29,30,31,33). The molecule has 0 atom stereocenters. The molecule has 1 fully saturated rings. The van der Waals surface area contributed by atoms with Crippen molar-refractivity contribution in [2.75, 3.05) is 17.2 Å². The summed E-state index contributed by atoms with van der Waals surface area (Å²) in [4.78, 5) is 36.0. The third-order valence-electron chi connectivity index (χ3n) is 5.07. The van der Waals surface area contributed by atoms with Crippen molar-refractivity contribution >= 4 is 29.2 Å². The van der Waals surface area contributed by atoms with Gasteiger partial charge in [0.05, 0.1) is 12.1 Å². The van der Waals surface area contributed by atoms with E-state index in [9.17, 15) is 31.9 Å². The number of halogens is 4. The topological polar surface area (TPSA) is 99.3 Å². The Morgan fingerprint density at radius 3 is 2.27 bits per heavy atom. The molecule has 1 aliphatic carbocycles. The summed E-state index contributed by atoms with van der Waals surface area (Å²) >= 11 is 0. The Balaban J connectivity index is 1.62. The fourth-order valence-corrected chi connectivity index (χ4v) is 3.45. The van der Waals surface area contributed by atoms with Crippen LogP contribution in [0.1, 0.15) is 41.6 Å². The van der Waals surface area contributed by atoms with Gasteiger partial charge in [0, 0.05) is 23.0 Å². The number of imide groups is 1. The van der Waals surface area contributed by atoms with Crippen LogP contribution in [-0.2, 0) is 11.0 Å². The maximum absolute atomic E-state index is 13.5. The van der Waals surface area contributed by atoms with Crippen LogP contribution >= 0.6 is 0 Å². The molecule has 4 N–H and O–H groups in total. The van der Waals surface area contributed by atoms with Gasteiger partial charge < -0.3 is 16.0 Å². The summed E-state index contributed by atoms with van der Waals surface area (Å²) in [6, 6.07) is 6.82. The molecule has 33 heavy (non-hydrogen) atoms. The number of hydrogen-bond acceptors (Lipinski definition) is 4. The lowest BCUT2D eigenvalue weighted by molar-refractivity contribution is -0.137. The van der Waals surface area contributed by atoms with Gasteiger partial charge in [0.25, 0.3) is 5.91 Å². The maximum atomic E-state index is 13.5. The Morgan fingerprint density at radius 2 is 1.64 bits per heavy atom. The van der Waals surface area contributed by atoms with Crippen LogP contribution < -0.4 is 21.3 Å². The molecule has 0 radical (unpaired) electrons. The van der Waals surface area contributed by atoms with E-state index in [1.54, 1.807) is 0 Å². The van der Waals surface area contributed by atoms with Crippen molar-refractivity contribution in [3.05, 3.63) is 59.4 Å². The van der Waals surface area contributed by atoms with Crippen molar-refractivity contribution < 1.29 is 31.9 Å². The SMILES string of the molecule is O=C(CNc1ccc(NC(=O)c2ccc(F)cc2)cc1C(F)(F)F)NC(=O)NC1CCCC1. The largest absolute Gasteiger partial charge is 0.418 e. The second-order valence-corrected chi connectivity index (χ2v) is 7.58. The number of urea groups is 1. The van der Waals surface area contributed by atoms with Crippen molar-refractivity contribution in [2.45, 2.75) is 37.9 Å². The van der Waals surface area contributed by atoms with E-state index in [0.717, 1.165) is 43.9 Å². The summed E-state index contributed by atoms with van der Waals surface area (Å²) in [7, 11) is 0. The fraction of sp³-hybridized carbons (Fsp3) is 0.318. The van der Waals surface area contributed by atoms with Gasteiger partial charge in [-0.2, -0.15) is 13.2 Å². The molecule has 1 saturated carbocycles. The first-order chi connectivity index (χ1) is 15.6. The molecule has 0 unspecified atom stereocenters. The number of hydrogen-bond donors (Lipinski definition) is 4. The molecule has 0 heterocycles. The smallest absolute Gasteiger partial charge is 0.376 e. The molecule has 3 rings (SSSR count). The Labute approximate surface area is 186 Å². The third-order valence-corrected chi connectivity index (χ3v) is 5.07. The van der Waals surface area contributed by atoms with Crippen molar-refractivity contribution in [1.82, 2.24) is 10.6 Å². The van der Waals surface area contributed by atoms with Gasteiger partial charge >= 0.3 is 12.2 Å². The van der Waals surface area contributed by atoms with Gasteiger partial charge in [0.1, 0.15) is 5.82 Å². The Kier molecular flexibility index (Phi) is 7.52. The van der Waals surface area contributed by atoms with Gasteiger partial charge in [-0.1, -0.05) is 12.8 Å². The predicted molar refractivity (Wildman–Crippen MR) is 113 cm³/mol. The molecule has 0 aliphatic heterocycles. The number of rotatable bonds is 6. The Morgan fingerprint density at radius 1 is 0.970 bits per heavy atom. The molecule has 2 aromatic carbocycles. The van der Waals surface area contributed by atoms with E-state index in [4.69, 9.17) is 0 Å². The van der Waals surface area contributed by atoms with Crippen LogP contribution in [-0.4, -0.2) is 30.4 Å². The summed E-state index contributed by atoms with van der Waals surface area (Å²) in [5.74, 6) is -2.06. The first-order valence-electron chi connectivity index (χ1n) is 10.2. The monoisotopic (exact) mass is 466 g/mol. The average Bonchev–Trinajstić information content (AvgIpc) is 3.25. The molecule has 4 amide bonds. The summed E-state index contributed by atoms with van der Waals surface area (Å²) in [6.45, 7) is -0.567. The van der Waals surface area contributed by atoms with Crippen molar-refractivity contribution in [2.24, 2.45) is 0 Å². The zero-order valence-electron chi connectivity index (χ0n) is 17.4. The number of benzene rings is 2. The molecular formula is C22H22F4N4O3. The molecule has 176 valence electrons. The quantitative estimate of drug-likeness (QED) is 0.478. The van der Waals surface area contributed by atoms with Gasteiger partial charge in [-0.05, 0) is 55.3 Å². The van der Waals surface area contributed by atoms with Crippen LogP contribution in [0.25, 0.3) is 0 Å². The van der Waals surface area contributed by atoms with Crippen LogP contribution in [0.4, 0.5) is 33.7 Å². The molecule has 0 bridgehead atoms. The third kappa shape index (κ3) is 6.93. The number of alkyl halides is 3. The molecule has 0 saturated heterocycles. The van der Waals surface area contributed by atoms with Gasteiger partial charge in [-0.15, -0.1) is 0 Å². The van der Waals surface area contributed by atoms with Gasteiger partial charge in [-0.25, -0.2) is 9.18 Å². The minimum absolute atomic E-state index is 0.0137. The summed E-state index contributed by atoms with van der Waals surface area (Å²) in [5, 5.41) is 9.42. The van der Waals surface area contributed by atoms with Gasteiger partial charge in [0.2, 0.25) is 5.91 Å². The first kappa shape index (κ1) is 24.0. The maximum Gasteiger partial charge on any atom is 0.418 e. The highest BCUT2D eigenvalue weighted by molar-refractivity contribution is 6.04. The van der Waals surface area contributed by atoms with Crippen LogP contribution in [0.5, 0.6) is 0 Å².